The summed E-state index contributed by atoms with van der Waals surface area (Å²) in [5.41, 5.74) is 2.29. The van der Waals surface area contributed by atoms with Crippen molar-refractivity contribution in [1.29, 1.82) is 0 Å². The second-order valence-electron chi connectivity index (χ2n) is 5.10. The van der Waals surface area contributed by atoms with Gasteiger partial charge < -0.3 is 4.74 Å². The van der Waals surface area contributed by atoms with Gasteiger partial charge in [0.25, 0.3) is 5.69 Å². The third kappa shape index (κ3) is 6.86. The van der Waals surface area contributed by atoms with Crippen molar-refractivity contribution in [3.63, 3.8) is 0 Å². The van der Waals surface area contributed by atoms with Gasteiger partial charge in [0.05, 0.1) is 4.92 Å². The van der Waals surface area contributed by atoms with Crippen LogP contribution < -0.4 is 5.43 Å². The number of amides is 1. The van der Waals surface area contributed by atoms with Gasteiger partial charge in [-0.25, -0.2) is 10.2 Å². The minimum absolute atomic E-state index is 0.0148. The summed E-state index contributed by atoms with van der Waals surface area (Å²) in [6.07, 6.45) is 3.88. The van der Waals surface area contributed by atoms with Crippen LogP contribution in [0.2, 0.25) is 0 Å². The van der Waals surface area contributed by atoms with Gasteiger partial charge in [-0.1, -0.05) is 18.2 Å². The molecular formula is C14H17N3O4. The average Bonchev–Trinajstić information content (AvgIpc) is 2.36. The van der Waals surface area contributed by atoms with E-state index in [1.807, 2.05) is 0 Å². The second-order valence-corrected chi connectivity index (χ2v) is 5.10. The second kappa shape index (κ2) is 7.18. The lowest BCUT2D eigenvalue weighted by Crippen LogP contribution is -2.29. The Balaban J connectivity index is 2.51. The van der Waals surface area contributed by atoms with E-state index in [9.17, 15) is 14.9 Å². The van der Waals surface area contributed by atoms with Gasteiger partial charge in [-0.05, 0) is 32.4 Å². The average molecular weight is 291 g/mol. The first kappa shape index (κ1) is 16.4. The Morgan fingerprint density at radius 1 is 1.43 bits per heavy atom. The van der Waals surface area contributed by atoms with Crippen molar-refractivity contribution < 1.29 is 14.5 Å². The van der Waals surface area contributed by atoms with Crippen LogP contribution in [0.5, 0.6) is 0 Å². The van der Waals surface area contributed by atoms with Gasteiger partial charge in [-0.2, -0.15) is 5.10 Å². The van der Waals surface area contributed by atoms with E-state index in [1.54, 1.807) is 45.1 Å². The van der Waals surface area contributed by atoms with E-state index in [1.165, 1.54) is 18.3 Å². The third-order valence-corrected chi connectivity index (χ3v) is 2.09. The number of hydrogen-bond acceptors (Lipinski definition) is 5. The smallest absolute Gasteiger partial charge is 0.428 e. The lowest BCUT2D eigenvalue weighted by molar-refractivity contribution is -0.384. The predicted molar refractivity (Wildman–Crippen MR) is 80.0 cm³/mol. The number of hydrazone groups is 1. The standard InChI is InChI=1S/C14H17N3O4/c1-14(2,3)21-13(18)16-15-9-5-7-11-6-4-8-12(10-11)17(19)20/h4-10H,1-3H3,(H,16,18)/b7-5+,15-9+. The van der Waals surface area contributed by atoms with E-state index < -0.39 is 16.6 Å². The predicted octanol–water partition coefficient (Wildman–Crippen LogP) is 3.12. The number of nitrogens with one attached hydrogen (secondary N) is 1. The van der Waals surface area contributed by atoms with E-state index in [2.05, 4.69) is 10.5 Å². The molecule has 0 atom stereocenters. The monoisotopic (exact) mass is 291 g/mol. The van der Waals surface area contributed by atoms with Crippen molar-refractivity contribution in [3.05, 3.63) is 46.0 Å². The molecule has 0 aliphatic rings. The number of carbonyl (C=O) groups is 1. The van der Waals surface area contributed by atoms with Crippen LogP contribution in [-0.2, 0) is 4.74 Å². The number of carbonyl (C=O) groups excluding carboxylic acids is 1. The molecule has 1 amide bonds. The molecule has 1 aromatic rings. The lowest BCUT2D eigenvalue weighted by atomic mass is 10.2. The molecule has 1 aromatic carbocycles. The fraction of sp³-hybridized carbons (Fsp3) is 0.286. The summed E-state index contributed by atoms with van der Waals surface area (Å²) in [5.74, 6) is 0. The molecule has 0 aliphatic carbocycles. The molecule has 1 N–H and O–H groups in total. The molecule has 0 bridgehead atoms. The van der Waals surface area contributed by atoms with E-state index >= 15 is 0 Å². The van der Waals surface area contributed by atoms with Crippen LogP contribution in [-0.4, -0.2) is 22.8 Å². The van der Waals surface area contributed by atoms with E-state index in [4.69, 9.17) is 4.74 Å². The number of non-ortho nitro benzene ring substituents is 1. The topological polar surface area (TPSA) is 93.8 Å². The summed E-state index contributed by atoms with van der Waals surface area (Å²) in [4.78, 5) is 21.4. The zero-order valence-electron chi connectivity index (χ0n) is 12.1. The number of ether oxygens (including phenoxy) is 1. The minimum atomic E-state index is -0.650. The maximum Gasteiger partial charge on any atom is 0.428 e. The van der Waals surface area contributed by atoms with Crippen molar-refractivity contribution in [2.24, 2.45) is 5.10 Å². The first-order valence-electron chi connectivity index (χ1n) is 6.21. The fourth-order valence-electron chi connectivity index (χ4n) is 1.33. The minimum Gasteiger partial charge on any atom is -0.443 e. The Morgan fingerprint density at radius 3 is 2.76 bits per heavy atom. The van der Waals surface area contributed by atoms with Gasteiger partial charge in [0.15, 0.2) is 0 Å². The summed E-state index contributed by atoms with van der Waals surface area (Å²) in [6.45, 7) is 5.25. The highest BCUT2D eigenvalue weighted by atomic mass is 16.6. The van der Waals surface area contributed by atoms with Crippen molar-refractivity contribution in [3.8, 4) is 0 Å². The highest BCUT2D eigenvalue weighted by molar-refractivity contribution is 5.79. The molecule has 0 saturated carbocycles. The van der Waals surface area contributed by atoms with E-state index in [-0.39, 0.29) is 5.69 Å². The molecule has 0 heterocycles. The van der Waals surface area contributed by atoms with Crippen LogP contribution >= 0.6 is 0 Å². The van der Waals surface area contributed by atoms with Gasteiger partial charge in [-0.3, -0.25) is 10.1 Å². The lowest BCUT2D eigenvalue weighted by Gasteiger charge is -2.18. The highest BCUT2D eigenvalue weighted by Gasteiger charge is 2.15. The zero-order chi connectivity index (χ0) is 15.9. The molecular weight excluding hydrogens is 274 g/mol. The van der Waals surface area contributed by atoms with Crippen LogP contribution in [0.3, 0.4) is 0 Å². The normalized spacial score (nSPS) is 11.8. The fourth-order valence-corrected chi connectivity index (χ4v) is 1.33. The Bertz CT molecular complexity index is 574. The van der Waals surface area contributed by atoms with Gasteiger partial charge >= 0.3 is 6.09 Å². The number of benzene rings is 1. The van der Waals surface area contributed by atoms with Crippen molar-refractivity contribution >= 4 is 24.1 Å². The van der Waals surface area contributed by atoms with Crippen molar-refractivity contribution in [2.45, 2.75) is 26.4 Å². The van der Waals surface area contributed by atoms with Crippen LogP contribution in [0.1, 0.15) is 26.3 Å². The summed E-state index contributed by atoms with van der Waals surface area (Å²) in [5, 5.41) is 14.3. The first-order valence-corrected chi connectivity index (χ1v) is 6.21. The Labute approximate surface area is 122 Å². The number of allylic oxidation sites excluding steroid dienone is 1. The number of nitro benzene ring substituents is 1. The largest absolute Gasteiger partial charge is 0.443 e. The SMILES string of the molecule is CC(C)(C)OC(=O)N/N=C/C=C/c1cccc([N+](=O)[O-])c1. The number of nitrogens with zero attached hydrogens (tertiary/aromatic N) is 2. The Hall–Kier alpha value is -2.70. The van der Waals surface area contributed by atoms with Crippen LogP contribution in [0, 0.1) is 10.1 Å². The Morgan fingerprint density at radius 2 is 2.14 bits per heavy atom. The molecule has 7 heteroatoms. The van der Waals surface area contributed by atoms with E-state index in [0.29, 0.717) is 5.56 Å². The van der Waals surface area contributed by atoms with Crippen LogP contribution in [0.15, 0.2) is 35.4 Å². The zero-order valence-corrected chi connectivity index (χ0v) is 12.1. The molecule has 7 nitrogen and oxygen atoms in total. The number of nitro groups is 1. The summed E-state index contributed by atoms with van der Waals surface area (Å²) >= 11 is 0. The molecule has 0 aliphatic heterocycles. The quantitative estimate of drug-likeness (QED) is 0.524. The van der Waals surface area contributed by atoms with Crippen LogP contribution in [0.4, 0.5) is 10.5 Å². The summed E-state index contributed by atoms with van der Waals surface area (Å²) in [7, 11) is 0. The molecule has 112 valence electrons. The number of rotatable bonds is 4. The maximum absolute atomic E-state index is 11.3. The number of hydrogen-bond donors (Lipinski definition) is 1. The molecule has 0 fully saturated rings. The van der Waals surface area contributed by atoms with Crippen molar-refractivity contribution in [2.75, 3.05) is 0 Å². The third-order valence-electron chi connectivity index (χ3n) is 2.09. The molecule has 1 rings (SSSR count). The maximum atomic E-state index is 11.3. The molecule has 0 saturated heterocycles. The Kier molecular flexibility index (Phi) is 5.59. The van der Waals surface area contributed by atoms with E-state index in [0.717, 1.165) is 0 Å². The molecule has 0 aromatic heterocycles. The van der Waals surface area contributed by atoms with Gasteiger partial charge in [0.1, 0.15) is 5.60 Å². The molecule has 0 spiro atoms. The van der Waals surface area contributed by atoms with Gasteiger partial charge in [0.2, 0.25) is 0 Å². The first-order chi connectivity index (χ1) is 9.78. The van der Waals surface area contributed by atoms with Crippen LogP contribution in [0.25, 0.3) is 6.08 Å². The molecule has 0 unspecified atom stereocenters. The molecule has 21 heavy (non-hydrogen) atoms. The van der Waals surface area contributed by atoms with Gasteiger partial charge in [-0.15, -0.1) is 0 Å². The molecule has 0 radical (unpaired) electrons. The summed E-state index contributed by atoms with van der Waals surface area (Å²) in [6, 6.07) is 6.16. The van der Waals surface area contributed by atoms with Gasteiger partial charge in [0, 0.05) is 18.3 Å². The van der Waals surface area contributed by atoms with Crippen molar-refractivity contribution in [1.82, 2.24) is 5.43 Å². The summed E-state index contributed by atoms with van der Waals surface area (Å²) < 4.78 is 4.98. The highest BCUT2D eigenvalue weighted by Crippen LogP contribution is 2.13.